The number of hydrogen-bond acceptors (Lipinski definition) is 3. The van der Waals surface area contributed by atoms with Crippen molar-refractivity contribution in [2.75, 3.05) is 6.54 Å². The van der Waals surface area contributed by atoms with Crippen molar-refractivity contribution in [3.05, 3.63) is 12.4 Å². The summed E-state index contributed by atoms with van der Waals surface area (Å²) in [6.45, 7) is 1.06. The molecule has 0 aliphatic carbocycles. The number of rotatable bonds is 3. The van der Waals surface area contributed by atoms with Crippen LogP contribution < -0.4 is 11.1 Å². The third kappa shape index (κ3) is 2.65. The molecule has 1 heterocycles. The Balaban J connectivity index is 2.19. The minimum Gasteiger partial charge on any atom is -0.352 e. The quantitative estimate of drug-likeness (QED) is 0.583. The van der Waals surface area contributed by atoms with Gasteiger partial charge in [0.15, 0.2) is 0 Å². The number of carbonyl (C=O) groups excluding carboxylic acids is 1. The summed E-state index contributed by atoms with van der Waals surface area (Å²) in [6, 6.07) is -0.523. The molecule has 0 saturated carbocycles. The molecule has 6 nitrogen and oxygen atoms in total. The molecular weight excluding hydrogens is 146 g/mol. The Kier molecular flexibility index (Phi) is 2.42. The molecule has 11 heavy (non-hydrogen) atoms. The van der Waals surface area contributed by atoms with E-state index in [4.69, 9.17) is 5.73 Å². The monoisotopic (exact) mass is 155 g/mol. The first-order valence-electron chi connectivity index (χ1n) is 3.16. The van der Waals surface area contributed by atoms with Crippen LogP contribution in [0, 0.1) is 0 Å². The number of nitrogens with zero attached hydrogens (tertiary/aromatic N) is 3. The predicted molar refractivity (Wildman–Crippen MR) is 37.6 cm³/mol. The van der Waals surface area contributed by atoms with Crippen molar-refractivity contribution in [3.8, 4) is 0 Å². The van der Waals surface area contributed by atoms with Gasteiger partial charge in [-0.1, -0.05) is 5.21 Å². The molecule has 0 aliphatic rings. The number of hydrogen-bond donors (Lipinski definition) is 2. The number of nitrogens with two attached hydrogens (primary N) is 1. The average Bonchev–Trinajstić information content (AvgIpc) is 2.39. The zero-order valence-corrected chi connectivity index (χ0v) is 5.90. The van der Waals surface area contributed by atoms with Crippen molar-refractivity contribution in [2.24, 2.45) is 5.73 Å². The first-order chi connectivity index (χ1) is 5.29. The van der Waals surface area contributed by atoms with Crippen molar-refractivity contribution in [1.29, 1.82) is 0 Å². The standard InChI is InChI=1S/C5H9N5O/c6-5(11)7-1-3-10-4-2-8-9-10/h2,4H,1,3H2,(H3,6,7,11). The Bertz CT molecular complexity index is 219. The van der Waals surface area contributed by atoms with Gasteiger partial charge >= 0.3 is 6.03 Å². The lowest BCUT2D eigenvalue weighted by Gasteiger charge is -1.99. The summed E-state index contributed by atoms with van der Waals surface area (Å²) in [6.07, 6.45) is 3.28. The van der Waals surface area contributed by atoms with Gasteiger partial charge in [0.25, 0.3) is 0 Å². The van der Waals surface area contributed by atoms with Gasteiger partial charge in [-0.25, -0.2) is 4.79 Å². The highest BCUT2D eigenvalue weighted by Crippen LogP contribution is 1.77. The Labute approximate surface area is 63.4 Å². The number of carbonyl (C=O) groups is 1. The Hall–Kier alpha value is -1.59. The summed E-state index contributed by atoms with van der Waals surface area (Å²) in [4.78, 5) is 10.2. The fraction of sp³-hybridized carbons (Fsp3) is 0.400. The molecule has 6 heteroatoms. The van der Waals surface area contributed by atoms with Crippen molar-refractivity contribution in [3.63, 3.8) is 0 Å². The first kappa shape index (κ1) is 7.52. The number of primary amides is 1. The van der Waals surface area contributed by atoms with Crippen LogP contribution in [0.15, 0.2) is 12.4 Å². The lowest BCUT2D eigenvalue weighted by molar-refractivity contribution is 0.248. The maximum Gasteiger partial charge on any atom is 0.312 e. The van der Waals surface area contributed by atoms with E-state index >= 15 is 0 Å². The fourth-order valence-corrected chi connectivity index (χ4v) is 0.646. The van der Waals surface area contributed by atoms with E-state index in [1.807, 2.05) is 0 Å². The molecular formula is C5H9N5O. The van der Waals surface area contributed by atoms with Crippen molar-refractivity contribution < 1.29 is 4.79 Å². The van der Waals surface area contributed by atoms with Crippen molar-refractivity contribution in [1.82, 2.24) is 20.3 Å². The molecule has 60 valence electrons. The van der Waals surface area contributed by atoms with E-state index in [9.17, 15) is 4.79 Å². The van der Waals surface area contributed by atoms with Crippen LogP contribution in [0.1, 0.15) is 0 Å². The lowest BCUT2D eigenvalue weighted by atomic mass is 10.6. The molecule has 0 unspecified atom stereocenters. The second kappa shape index (κ2) is 3.55. The van der Waals surface area contributed by atoms with E-state index in [2.05, 4.69) is 15.6 Å². The van der Waals surface area contributed by atoms with Gasteiger partial charge in [0.05, 0.1) is 12.7 Å². The molecule has 0 atom stereocenters. The molecule has 0 aromatic carbocycles. The van der Waals surface area contributed by atoms with Crippen molar-refractivity contribution >= 4 is 6.03 Å². The molecule has 0 radical (unpaired) electrons. The van der Waals surface area contributed by atoms with Gasteiger partial charge in [-0.15, -0.1) is 5.10 Å². The van der Waals surface area contributed by atoms with Gasteiger partial charge in [0.1, 0.15) is 0 Å². The SMILES string of the molecule is NC(=O)NCCn1ccnn1. The number of nitrogens with one attached hydrogen (secondary N) is 1. The van der Waals surface area contributed by atoms with E-state index in [1.165, 1.54) is 0 Å². The molecule has 1 aromatic rings. The number of aromatic nitrogens is 3. The Morgan fingerprint density at radius 1 is 1.73 bits per heavy atom. The maximum atomic E-state index is 10.2. The number of amides is 2. The topological polar surface area (TPSA) is 85.8 Å². The molecule has 0 aliphatic heterocycles. The van der Waals surface area contributed by atoms with Crippen LogP contribution in [0.25, 0.3) is 0 Å². The second-order valence-corrected chi connectivity index (χ2v) is 1.96. The highest BCUT2D eigenvalue weighted by atomic mass is 16.2. The molecule has 0 bridgehead atoms. The highest BCUT2D eigenvalue weighted by Gasteiger charge is 1.92. The smallest absolute Gasteiger partial charge is 0.312 e. The molecule has 0 fully saturated rings. The summed E-state index contributed by atoms with van der Waals surface area (Å²) < 4.78 is 1.61. The Morgan fingerprint density at radius 3 is 3.09 bits per heavy atom. The molecule has 1 aromatic heterocycles. The zero-order valence-electron chi connectivity index (χ0n) is 5.90. The summed E-state index contributed by atoms with van der Waals surface area (Å²) >= 11 is 0. The minimum atomic E-state index is -0.523. The Morgan fingerprint density at radius 2 is 2.55 bits per heavy atom. The normalized spacial score (nSPS) is 9.45. The minimum absolute atomic E-state index is 0.471. The van der Waals surface area contributed by atoms with Crippen molar-refractivity contribution in [2.45, 2.75) is 6.54 Å². The van der Waals surface area contributed by atoms with Gasteiger partial charge in [0.2, 0.25) is 0 Å². The van der Waals surface area contributed by atoms with Crippen LogP contribution in [-0.4, -0.2) is 27.6 Å². The van der Waals surface area contributed by atoms with E-state index in [1.54, 1.807) is 17.1 Å². The van der Waals surface area contributed by atoms with Crippen LogP contribution in [0.5, 0.6) is 0 Å². The van der Waals surface area contributed by atoms with Crippen LogP contribution in [0.4, 0.5) is 4.79 Å². The van der Waals surface area contributed by atoms with E-state index in [0.717, 1.165) is 0 Å². The zero-order chi connectivity index (χ0) is 8.10. The largest absolute Gasteiger partial charge is 0.352 e. The fourth-order valence-electron chi connectivity index (χ4n) is 0.646. The van der Waals surface area contributed by atoms with Gasteiger partial charge in [-0.3, -0.25) is 4.68 Å². The third-order valence-corrected chi connectivity index (χ3v) is 1.11. The number of urea groups is 1. The van der Waals surface area contributed by atoms with Crippen LogP contribution >= 0.6 is 0 Å². The van der Waals surface area contributed by atoms with Gasteiger partial charge in [-0.05, 0) is 0 Å². The second-order valence-electron chi connectivity index (χ2n) is 1.96. The summed E-state index contributed by atoms with van der Waals surface area (Å²) in [5.41, 5.74) is 4.84. The lowest BCUT2D eigenvalue weighted by Crippen LogP contribution is -2.32. The van der Waals surface area contributed by atoms with Gasteiger partial charge < -0.3 is 11.1 Å². The summed E-state index contributed by atoms with van der Waals surface area (Å²) in [7, 11) is 0. The average molecular weight is 155 g/mol. The molecule has 3 N–H and O–H groups in total. The summed E-state index contributed by atoms with van der Waals surface area (Å²) in [5, 5.41) is 9.71. The first-order valence-corrected chi connectivity index (χ1v) is 3.16. The van der Waals surface area contributed by atoms with E-state index in [0.29, 0.717) is 13.1 Å². The maximum absolute atomic E-state index is 10.2. The summed E-state index contributed by atoms with van der Waals surface area (Å²) in [5.74, 6) is 0. The molecule has 0 saturated heterocycles. The van der Waals surface area contributed by atoms with Crippen LogP contribution in [0.3, 0.4) is 0 Å². The molecule has 0 spiro atoms. The molecule has 1 rings (SSSR count). The van der Waals surface area contributed by atoms with Crippen LogP contribution in [0.2, 0.25) is 0 Å². The van der Waals surface area contributed by atoms with E-state index < -0.39 is 6.03 Å². The van der Waals surface area contributed by atoms with Gasteiger partial charge in [-0.2, -0.15) is 0 Å². The van der Waals surface area contributed by atoms with Crippen LogP contribution in [-0.2, 0) is 6.54 Å². The highest BCUT2D eigenvalue weighted by molar-refractivity contribution is 5.71. The van der Waals surface area contributed by atoms with Gasteiger partial charge in [0, 0.05) is 12.7 Å². The third-order valence-electron chi connectivity index (χ3n) is 1.11. The molecule has 2 amide bonds. The van der Waals surface area contributed by atoms with E-state index in [-0.39, 0.29) is 0 Å². The predicted octanol–water partition coefficient (Wildman–Crippen LogP) is -1.05.